The first-order valence-electron chi connectivity index (χ1n) is 7.34. The van der Waals surface area contributed by atoms with Crippen LogP contribution in [-0.2, 0) is 9.53 Å². The summed E-state index contributed by atoms with van der Waals surface area (Å²) < 4.78 is 4.83. The molecular formula is C16H23ClN2O3. The van der Waals surface area contributed by atoms with Gasteiger partial charge < -0.3 is 15.4 Å². The molecule has 2 N–H and O–H groups in total. The Morgan fingerprint density at radius 3 is 2.45 bits per heavy atom. The first-order chi connectivity index (χ1) is 10.3. The summed E-state index contributed by atoms with van der Waals surface area (Å²) in [5, 5.41) is 6.09. The molecule has 22 heavy (non-hydrogen) atoms. The predicted octanol–water partition coefficient (Wildman–Crippen LogP) is 3.29. The van der Waals surface area contributed by atoms with E-state index in [-0.39, 0.29) is 24.5 Å². The van der Waals surface area contributed by atoms with E-state index >= 15 is 0 Å². The van der Waals surface area contributed by atoms with Crippen molar-refractivity contribution in [1.29, 1.82) is 0 Å². The van der Waals surface area contributed by atoms with Gasteiger partial charge in [0.2, 0.25) is 5.91 Å². The second-order valence-corrected chi connectivity index (χ2v) is 5.81. The molecule has 0 unspecified atom stereocenters. The summed E-state index contributed by atoms with van der Waals surface area (Å²) in [4.78, 5) is 23.9. The quantitative estimate of drug-likeness (QED) is 0.843. The lowest BCUT2D eigenvalue weighted by Gasteiger charge is -2.24. The van der Waals surface area contributed by atoms with Crippen LogP contribution in [0.25, 0.3) is 0 Å². The minimum Gasteiger partial charge on any atom is -0.450 e. The van der Waals surface area contributed by atoms with Gasteiger partial charge in [-0.05, 0) is 37.5 Å². The zero-order valence-corrected chi connectivity index (χ0v) is 14.1. The van der Waals surface area contributed by atoms with E-state index in [1.165, 1.54) is 0 Å². The van der Waals surface area contributed by atoms with E-state index in [2.05, 4.69) is 10.6 Å². The van der Waals surface area contributed by atoms with Gasteiger partial charge >= 0.3 is 6.09 Å². The van der Waals surface area contributed by atoms with Gasteiger partial charge in [-0.25, -0.2) is 4.79 Å². The SMILES string of the molecule is CCOC(=O)N[C@@H](C(=O)N[C@H](C)c1cccc(Cl)c1)C(C)C. The number of amides is 2. The molecule has 0 radical (unpaired) electrons. The van der Waals surface area contributed by atoms with Gasteiger partial charge in [-0.2, -0.15) is 0 Å². The molecule has 122 valence electrons. The zero-order valence-electron chi connectivity index (χ0n) is 13.4. The van der Waals surface area contributed by atoms with Gasteiger partial charge in [0.05, 0.1) is 12.6 Å². The summed E-state index contributed by atoms with van der Waals surface area (Å²) in [6, 6.07) is 6.43. The third-order valence-electron chi connectivity index (χ3n) is 3.21. The largest absolute Gasteiger partial charge is 0.450 e. The van der Waals surface area contributed by atoms with E-state index in [1.54, 1.807) is 19.1 Å². The highest BCUT2D eigenvalue weighted by Gasteiger charge is 2.26. The average molecular weight is 327 g/mol. The van der Waals surface area contributed by atoms with Crippen molar-refractivity contribution in [2.24, 2.45) is 5.92 Å². The van der Waals surface area contributed by atoms with Gasteiger partial charge in [0.1, 0.15) is 6.04 Å². The van der Waals surface area contributed by atoms with Gasteiger partial charge in [0, 0.05) is 5.02 Å². The van der Waals surface area contributed by atoms with Crippen molar-refractivity contribution in [3.8, 4) is 0 Å². The van der Waals surface area contributed by atoms with Crippen LogP contribution < -0.4 is 10.6 Å². The fourth-order valence-electron chi connectivity index (χ4n) is 2.00. The van der Waals surface area contributed by atoms with Crippen LogP contribution in [0.2, 0.25) is 5.02 Å². The molecule has 0 saturated heterocycles. The van der Waals surface area contributed by atoms with Gasteiger partial charge in [0.15, 0.2) is 0 Å². The summed E-state index contributed by atoms with van der Waals surface area (Å²) in [5.41, 5.74) is 0.902. The standard InChI is InChI=1S/C16H23ClN2O3/c1-5-22-16(21)19-14(10(2)3)15(20)18-11(4)12-7-6-8-13(17)9-12/h6-11,14H,5H2,1-4H3,(H,18,20)(H,19,21)/t11-,14-/m1/s1. The molecule has 0 heterocycles. The van der Waals surface area contributed by atoms with Gasteiger partial charge in [-0.3, -0.25) is 4.79 Å². The van der Waals surface area contributed by atoms with E-state index in [4.69, 9.17) is 16.3 Å². The summed E-state index contributed by atoms with van der Waals surface area (Å²) in [6.07, 6.45) is -0.591. The van der Waals surface area contributed by atoms with E-state index in [0.717, 1.165) is 5.56 Å². The molecule has 1 aromatic carbocycles. The van der Waals surface area contributed by atoms with Crippen LogP contribution in [0.3, 0.4) is 0 Å². The highest BCUT2D eigenvalue weighted by molar-refractivity contribution is 6.30. The Hall–Kier alpha value is -1.75. The average Bonchev–Trinajstić information content (AvgIpc) is 2.44. The Kier molecular flexibility index (Phi) is 7.18. The second kappa shape index (κ2) is 8.63. The van der Waals surface area contributed by atoms with Gasteiger partial charge in [-0.1, -0.05) is 37.6 Å². The lowest BCUT2D eigenvalue weighted by atomic mass is 10.0. The Bertz CT molecular complexity index is 520. The Morgan fingerprint density at radius 1 is 1.23 bits per heavy atom. The van der Waals surface area contributed by atoms with Crippen LogP contribution in [0, 0.1) is 5.92 Å². The number of carbonyl (C=O) groups excluding carboxylic acids is 2. The van der Waals surface area contributed by atoms with E-state index < -0.39 is 12.1 Å². The number of nitrogens with one attached hydrogen (secondary N) is 2. The molecule has 6 heteroatoms. The highest BCUT2D eigenvalue weighted by Crippen LogP contribution is 2.17. The number of carbonyl (C=O) groups is 2. The third-order valence-corrected chi connectivity index (χ3v) is 3.44. The number of rotatable bonds is 6. The van der Waals surface area contributed by atoms with E-state index in [0.29, 0.717) is 5.02 Å². The first-order valence-corrected chi connectivity index (χ1v) is 7.72. The highest BCUT2D eigenvalue weighted by atomic mass is 35.5. The lowest BCUT2D eigenvalue weighted by Crippen LogP contribution is -2.50. The number of alkyl carbamates (subject to hydrolysis) is 1. The fourth-order valence-corrected chi connectivity index (χ4v) is 2.20. The molecule has 1 aromatic rings. The molecule has 2 amide bonds. The number of halogens is 1. The fraction of sp³-hybridized carbons (Fsp3) is 0.500. The minimum absolute atomic E-state index is 0.0593. The molecule has 2 atom stereocenters. The van der Waals surface area contributed by atoms with Crippen molar-refractivity contribution in [3.05, 3.63) is 34.9 Å². The Labute approximate surface area is 136 Å². The molecule has 0 aliphatic carbocycles. The van der Waals surface area contributed by atoms with Gasteiger partial charge in [-0.15, -0.1) is 0 Å². The minimum atomic E-state index is -0.652. The van der Waals surface area contributed by atoms with Crippen LogP contribution in [0.15, 0.2) is 24.3 Å². The molecule has 0 saturated carbocycles. The van der Waals surface area contributed by atoms with Crippen molar-refractivity contribution >= 4 is 23.6 Å². The molecule has 0 bridgehead atoms. The maximum atomic E-state index is 12.4. The van der Waals surface area contributed by atoms with Crippen LogP contribution in [0.1, 0.15) is 39.3 Å². The molecule has 0 aliphatic heterocycles. The number of hydrogen-bond donors (Lipinski definition) is 2. The summed E-state index contributed by atoms with van der Waals surface area (Å²) in [6.45, 7) is 7.56. The molecule has 1 rings (SSSR count). The van der Waals surface area contributed by atoms with Crippen LogP contribution >= 0.6 is 11.6 Å². The second-order valence-electron chi connectivity index (χ2n) is 5.37. The van der Waals surface area contributed by atoms with Crippen molar-refractivity contribution in [1.82, 2.24) is 10.6 Å². The van der Waals surface area contributed by atoms with Crippen molar-refractivity contribution in [2.45, 2.75) is 39.8 Å². The zero-order chi connectivity index (χ0) is 16.7. The van der Waals surface area contributed by atoms with E-state index in [9.17, 15) is 9.59 Å². The van der Waals surface area contributed by atoms with Gasteiger partial charge in [0.25, 0.3) is 0 Å². The molecule has 5 nitrogen and oxygen atoms in total. The summed E-state index contributed by atoms with van der Waals surface area (Å²) >= 11 is 5.96. The monoisotopic (exact) mass is 326 g/mol. The molecule has 0 spiro atoms. The van der Waals surface area contributed by atoms with Crippen LogP contribution in [0.5, 0.6) is 0 Å². The molecular weight excluding hydrogens is 304 g/mol. The number of ether oxygens (including phenoxy) is 1. The van der Waals surface area contributed by atoms with Crippen molar-refractivity contribution in [3.63, 3.8) is 0 Å². The molecule has 0 aliphatic rings. The lowest BCUT2D eigenvalue weighted by molar-refractivity contribution is -0.124. The Morgan fingerprint density at radius 2 is 1.91 bits per heavy atom. The summed E-state index contributed by atoms with van der Waals surface area (Å²) in [5.74, 6) is -0.313. The third kappa shape index (κ3) is 5.56. The Balaban J connectivity index is 2.72. The van der Waals surface area contributed by atoms with Crippen LogP contribution in [0.4, 0.5) is 4.79 Å². The summed E-state index contributed by atoms with van der Waals surface area (Å²) in [7, 11) is 0. The maximum absolute atomic E-state index is 12.4. The molecule has 0 fully saturated rings. The van der Waals surface area contributed by atoms with Crippen molar-refractivity contribution < 1.29 is 14.3 Å². The topological polar surface area (TPSA) is 67.4 Å². The smallest absolute Gasteiger partial charge is 0.407 e. The van der Waals surface area contributed by atoms with E-state index in [1.807, 2.05) is 32.9 Å². The first kappa shape index (κ1) is 18.3. The molecule has 0 aromatic heterocycles. The van der Waals surface area contributed by atoms with Crippen LogP contribution in [-0.4, -0.2) is 24.6 Å². The maximum Gasteiger partial charge on any atom is 0.407 e. The predicted molar refractivity (Wildman–Crippen MR) is 86.8 cm³/mol. The number of benzene rings is 1. The normalized spacial score (nSPS) is 13.4. The number of hydrogen-bond acceptors (Lipinski definition) is 3. The van der Waals surface area contributed by atoms with Crippen molar-refractivity contribution in [2.75, 3.05) is 6.61 Å².